The summed E-state index contributed by atoms with van der Waals surface area (Å²) < 4.78 is 10.3. The van der Waals surface area contributed by atoms with Gasteiger partial charge >= 0.3 is 12.1 Å². The number of amides is 1. The normalized spacial score (nSPS) is 14.7. The van der Waals surface area contributed by atoms with Crippen LogP contribution in [0.15, 0.2) is 0 Å². The van der Waals surface area contributed by atoms with Crippen molar-refractivity contribution in [3.8, 4) is 0 Å². The van der Waals surface area contributed by atoms with Crippen LogP contribution < -0.4 is 5.32 Å². The number of nitrogens with one attached hydrogen (secondary N) is 1. The Hall–Kier alpha value is -1.26. The highest BCUT2D eigenvalue weighted by molar-refractivity contribution is 5.81. The molecular weight excluding hydrogens is 246 g/mol. The summed E-state index contributed by atoms with van der Waals surface area (Å²) in [4.78, 5) is 23.2. The van der Waals surface area contributed by atoms with Crippen molar-refractivity contribution in [3.05, 3.63) is 0 Å². The first kappa shape index (κ1) is 17.7. The van der Waals surface area contributed by atoms with E-state index in [-0.39, 0.29) is 6.10 Å². The van der Waals surface area contributed by atoms with Gasteiger partial charge in [-0.15, -0.1) is 0 Å². The van der Waals surface area contributed by atoms with Crippen molar-refractivity contribution in [2.24, 2.45) is 5.92 Å². The summed E-state index contributed by atoms with van der Waals surface area (Å²) >= 11 is 0. The summed E-state index contributed by atoms with van der Waals surface area (Å²) in [6.07, 6.45) is 0.0223. The van der Waals surface area contributed by atoms with Crippen molar-refractivity contribution >= 4 is 12.1 Å². The summed E-state index contributed by atoms with van der Waals surface area (Å²) in [7, 11) is 0. The van der Waals surface area contributed by atoms with Crippen LogP contribution in [0.3, 0.4) is 0 Å². The molecule has 1 unspecified atom stereocenters. The van der Waals surface area contributed by atoms with Crippen molar-refractivity contribution in [1.82, 2.24) is 5.32 Å². The second-order valence-corrected chi connectivity index (χ2v) is 6.24. The fraction of sp³-hybridized carbons (Fsp3) is 0.857. The van der Waals surface area contributed by atoms with E-state index in [1.54, 1.807) is 27.7 Å². The van der Waals surface area contributed by atoms with Crippen LogP contribution in [0.25, 0.3) is 0 Å². The molecule has 0 fully saturated rings. The average Bonchev–Trinajstić information content (AvgIpc) is 2.11. The van der Waals surface area contributed by atoms with E-state index in [1.165, 1.54) is 0 Å². The summed E-state index contributed by atoms with van der Waals surface area (Å²) in [6.45, 7) is 12.8. The minimum Gasteiger partial charge on any atom is -0.461 e. The van der Waals surface area contributed by atoms with E-state index in [0.717, 1.165) is 6.42 Å². The molecule has 0 aliphatic carbocycles. The van der Waals surface area contributed by atoms with E-state index in [0.29, 0.717) is 5.92 Å². The second-order valence-electron chi connectivity index (χ2n) is 6.24. The topological polar surface area (TPSA) is 64.6 Å². The highest BCUT2D eigenvalue weighted by atomic mass is 16.6. The first-order valence-corrected chi connectivity index (χ1v) is 6.71. The number of ether oxygens (including phenoxy) is 2. The maximum atomic E-state index is 11.7. The van der Waals surface area contributed by atoms with E-state index in [1.807, 2.05) is 6.92 Å². The van der Waals surface area contributed by atoms with Crippen molar-refractivity contribution < 1.29 is 19.1 Å². The van der Waals surface area contributed by atoms with Crippen molar-refractivity contribution in [2.75, 3.05) is 0 Å². The fourth-order valence-electron chi connectivity index (χ4n) is 1.56. The van der Waals surface area contributed by atoms with E-state index >= 15 is 0 Å². The molecule has 0 rings (SSSR count). The van der Waals surface area contributed by atoms with Crippen LogP contribution in [0.5, 0.6) is 0 Å². The number of esters is 1. The third-order valence-electron chi connectivity index (χ3n) is 2.21. The maximum absolute atomic E-state index is 11.7. The largest absolute Gasteiger partial charge is 0.461 e. The molecule has 5 heteroatoms. The lowest BCUT2D eigenvalue weighted by Gasteiger charge is -2.22. The van der Waals surface area contributed by atoms with E-state index in [9.17, 15) is 9.59 Å². The Morgan fingerprint density at radius 1 is 1.11 bits per heavy atom. The van der Waals surface area contributed by atoms with Gasteiger partial charge in [0, 0.05) is 0 Å². The molecular formula is C14H27NO4. The monoisotopic (exact) mass is 273 g/mol. The molecule has 2 atom stereocenters. The zero-order valence-corrected chi connectivity index (χ0v) is 13.1. The van der Waals surface area contributed by atoms with E-state index in [2.05, 4.69) is 19.2 Å². The van der Waals surface area contributed by atoms with Crippen LogP contribution in [0, 0.1) is 5.92 Å². The molecule has 0 bridgehead atoms. The molecule has 0 aromatic heterocycles. The minimum atomic E-state index is -0.718. The lowest BCUT2D eigenvalue weighted by atomic mass is 10.1. The number of hydrogen-bond donors (Lipinski definition) is 1. The Kier molecular flexibility index (Phi) is 6.87. The molecule has 0 heterocycles. The lowest BCUT2D eigenvalue weighted by molar-refractivity contribution is -0.150. The van der Waals surface area contributed by atoms with Crippen LogP contribution in [0.4, 0.5) is 4.79 Å². The third-order valence-corrected chi connectivity index (χ3v) is 2.21. The average molecular weight is 273 g/mol. The predicted molar refractivity (Wildman–Crippen MR) is 73.8 cm³/mol. The number of carbonyl (C=O) groups is 2. The SMILES string of the molecule is CC(C)CC(C)OC(=O)[C@@H](C)NC(=O)OC(C)(C)C. The van der Waals surface area contributed by atoms with E-state index < -0.39 is 23.7 Å². The molecule has 0 aromatic carbocycles. The number of alkyl carbamates (subject to hydrolysis) is 1. The lowest BCUT2D eigenvalue weighted by Crippen LogP contribution is -2.43. The zero-order valence-electron chi connectivity index (χ0n) is 13.1. The molecule has 19 heavy (non-hydrogen) atoms. The summed E-state index contributed by atoms with van der Waals surface area (Å²) in [5, 5.41) is 2.46. The van der Waals surface area contributed by atoms with Gasteiger partial charge < -0.3 is 14.8 Å². The summed E-state index contributed by atoms with van der Waals surface area (Å²) in [6, 6.07) is -0.718. The minimum absolute atomic E-state index is 0.157. The molecule has 0 aromatic rings. The Balaban J connectivity index is 4.17. The second kappa shape index (κ2) is 7.36. The van der Waals surface area contributed by atoms with Crippen LogP contribution >= 0.6 is 0 Å². The molecule has 0 saturated heterocycles. The van der Waals surface area contributed by atoms with Gasteiger partial charge in [0.1, 0.15) is 11.6 Å². The first-order valence-electron chi connectivity index (χ1n) is 6.71. The highest BCUT2D eigenvalue weighted by Gasteiger charge is 2.23. The Labute approximate surface area is 116 Å². The van der Waals surface area contributed by atoms with Gasteiger partial charge in [-0.1, -0.05) is 13.8 Å². The molecule has 0 radical (unpaired) electrons. The molecule has 0 aliphatic rings. The van der Waals surface area contributed by atoms with Crippen molar-refractivity contribution in [3.63, 3.8) is 0 Å². The smallest absolute Gasteiger partial charge is 0.408 e. The Morgan fingerprint density at radius 2 is 1.63 bits per heavy atom. The first-order chi connectivity index (χ1) is 8.51. The van der Waals surface area contributed by atoms with Crippen LogP contribution in [0.1, 0.15) is 54.9 Å². The van der Waals surface area contributed by atoms with Gasteiger partial charge in [0.25, 0.3) is 0 Å². The highest BCUT2D eigenvalue weighted by Crippen LogP contribution is 2.09. The molecule has 112 valence electrons. The van der Waals surface area contributed by atoms with Gasteiger partial charge in [0.15, 0.2) is 0 Å². The maximum Gasteiger partial charge on any atom is 0.408 e. The van der Waals surface area contributed by atoms with Crippen LogP contribution in [-0.2, 0) is 14.3 Å². The van der Waals surface area contributed by atoms with Gasteiger partial charge in [-0.2, -0.15) is 0 Å². The zero-order chi connectivity index (χ0) is 15.2. The molecule has 0 spiro atoms. The van der Waals surface area contributed by atoms with Gasteiger partial charge in [0.2, 0.25) is 0 Å². The van der Waals surface area contributed by atoms with Gasteiger partial charge in [0.05, 0.1) is 6.10 Å². The number of rotatable bonds is 5. The predicted octanol–water partition coefficient (Wildman–Crippen LogP) is 2.88. The standard InChI is InChI=1S/C14H27NO4/c1-9(2)8-10(3)18-12(16)11(4)15-13(17)19-14(5,6)7/h9-11H,8H2,1-7H3,(H,15,17)/t10?,11-/m1/s1. The van der Waals surface area contributed by atoms with Crippen molar-refractivity contribution in [1.29, 1.82) is 0 Å². The molecule has 5 nitrogen and oxygen atoms in total. The Bertz CT molecular complexity index is 307. The summed E-state index contributed by atoms with van der Waals surface area (Å²) in [5.74, 6) is 0.0101. The molecule has 0 aliphatic heterocycles. The fourth-order valence-corrected chi connectivity index (χ4v) is 1.56. The molecule has 0 saturated carbocycles. The Morgan fingerprint density at radius 3 is 2.05 bits per heavy atom. The van der Waals surface area contributed by atoms with Gasteiger partial charge in [-0.05, 0) is 47.0 Å². The van der Waals surface area contributed by atoms with Crippen LogP contribution in [-0.4, -0.2) is 29.8 Å². The van der Waals surface area contributed by atoms with Crippen molar-refractivity contribution in [2.45, 2.75) is 72.6 Å². The molecule has 1 amide bonds. The molecule has 1 N–H and O–H groups in total. The quantitative estimate of drug-likeness (QED) is 0.782. The third kappa shape index (κ3) is 9.33. The van der Waals surface area contributed by atoms with Gasteiger partial charge in [-0.3, -0.25) is 0 Å². The number of hydrogen-bond acceptors (Lipinski definition) is 4. The van der Waals surface area contributed by atoms with Gasteiger partial charge in [-0.25, -0.2) is 9.59 Å². The number of carbonyl (C=O) groups excluding carboxylic acids is 2. The van der Waals surface area contributed by atoms with E-state index in [4.69, 9.17) is 9.47 Å². The summed E-state index contributed by atoms with van der Waals surface area (Å²) in [5.41, 5.74) is -0.585. The van der Waals surface area contributed by atoms with Crippen LogP contribution in [0.2, 0.25) is 0 Å².